The van der Waals surface area contributed by atoms with Crippen LogP contribution < -0.4 is 10.6 Å². The summed E-state index contributed by atoms with van der Waals surface area (Å²) >= 11 is 6.20. The average Bonchev–Trinajstić information content (AvgIpc) is 3.15. The van der Waals surface area contributed by atoms with Gasteiger partial charge in [-0.05, 0) is 55.5 Å². The smallest absolute Gasteiger partial charge is 0.354 e. The number of carbonyl (C=O) groups is 2. The highest BCUT2D eigenvalue weighted by atomic mass is 35.5. The SMILES string of the molecule is Cl.NC[C@]1(c2cccc(Cl)c2)CC[C@@H](N2CCN(c3ccc(C(=O)O)nc3)C2=O)CC1. The van der Waals surface area contributed by atoms with Gasteiger partial charge < -0.3 is 15.7 Å². The quantitative estimate of drug-likeness (QED) is 0.697. The molecule has 0 spiro atoms. The summed E-state index contributed by atoms with van der Waals surface area (Å²) in [4.78, 5) is 31.6. The van der Waals surface area contributed by atoms with Crippen molar-refractivity contribution in [2.24, 2.45) is 5.73 Å². The maximum atomic E-state index is 13.0. The van der Waals surface area contributed by atoms with Crippen LogP contribution in [-0.4, -0.2) is 52.7 Å². The van der Waals surface area contributed by atoms with Gasteiger partial charge in [-0.15, -0.1) is 12.4 Å². The second-order valence-electron chi connectivity index (χ2n) is 8.06. The van der Waals surface area contributed by atoms with Crippen LogP contribution in [0.15, 0.2) is 42.6 Å². The number of nitrogens with zero attached hydrogens (tertiary/aromatic N) is 3. The Bertz CT molecular complexity index is 946. The maximum absolute atomic E-state index is 13.0. The Kier molecular flexibility index (Phi) is 7.09. The molecule has 2 fully saturated rings. The second-order valence-corrected chi connectivity index (χ2v) is 8.50. The number of hydrogen-bond donors (Lipinski definition) is 2. The highest BCUT2D eigenvalue weighted by Gasteiger charge is 2.41. The number of halogens is 2. The molecule has 2 amide bonds. The minimum Gasteiger partial charge on any atom is -0.477 e. The van der Waals surface area contributed by atoms with Crippen LogP contribution in [-0.2, 0) is 5.41 Å². The first kappa shape index (κ1) is 23.3. The van der Waals surface area contributed by atoms with Crippen LogP contribution in [0.4, 0.5) is 10.5 Å². The van der Waals surface area contributed by atoms with Crippen molar-refractivity contribution in [2.45, 2.75) is 37.1 Å². The Hall–Kier alpha value is -2.35. The fraction of sp³-hybridized carbons (Fsp3) is 0.409. The first-order valence-electron chi connectivity index (χ1n) is 10.2. The normalized spacial score (nSPS) is 23.5. The van der Waals surface area contributed by atoms with Crippen LogP contribution in [0.5, 0.6) is 0 Å². The molecule has 1 saturated carbocycles. The van der Waals surface area contributed by atoms with Gasteiger partial charge in [0, 0.05) is 36.1 Å². The van der Waals surface area contributed by atoms with Crippen LogP contribution in [0.25, 0.3) is 0 Å². The molecular formula is C22H26Cl2N4O3. The summed E-state index contributed by atoms with van der Waals surface area (Å²) in [6.07, 6.45) is 5.05. The van der Waals surface area contributed by atoms with Crippen molar-refractivity contribution in [1.29, 1.82) is 0 Å². The number of nitrogens with two attached hydrogens (primary N) is 1. The fourth-order valence-corrected chi connectivity index (χ4v) is 4.89. The van der Waals surface area contributed by atoms with Crippen LogP contribution in [0.1, 0.15) is 41.7 Å². The molecule has 7 nitrogen and oxygen atoms in total. The van der Waals surface area contributed by atoms with Gasteiger partial charge in [-0.25, -0.2) is 14.6 Å². The lowest BCUT2D eigenvalue weighted by Gasteiger charge is -2.42. The van der Waals surface area contributed by atoms with E-state index < -0.39 is 5.97 Å². The third-order valence-electron chi connectivity index (χ3n) is 6.50. The van der Waals surface area contributed by atoms with Crippen molar-refractivity contribution in [3.05, 3.63) is 58.9 Å². The van der Waals surface area contributed by atoms with Crippen molar-refractivity contribution in [2.75, 3.05) is 24.5 Å². The molecule has 4 rings (SSSR count). The van der Waals surface area contributed by atoms with Crippen molar-refractivity contribution < 1.29 is 14.7 Å². The van der Waals surface area contributed by atoms with Gasteiger partial charge in [-0.1, -0.05) is 23.7 Å². The molecule has 3 N–H and O–H groups in total. The summed E-state index contributed by atoms with van der Waals surface area (Å²) in [5.74, 6) is -1.08. The predicted molar refractivity (Wildman–Crippen MR) is 122 cm³/mol. The zero-order valence-corrected chi connectivity index (χ0v) is 18.6. The second kappa shape index (κ2) is 9.42. The number of anilines is 1. The standard InChI is InChI=1S/C22H25ClN4O3.ClH/c23-16-3-1-2-15(12-16)22(14-24)8-6-17(7-9-22)26-10-11-27(21(26)30)18-4-5-19(20(28)29)25-13-18;/h1-5,12-13,17H,6-11,14,24H2,(H,28,29);1H/t17-,22+;. The van der Waals surface area contributed by atoms with Gasteiger partial charge in [0.2, 0.25) is 0 Å². The molecule has 31 heavy (non-hydrogen) atoms. The number of carboxylic acid groups (broad SMARTS) is 1. The molecule has 1 aliphatic heterocycles. The van der Waals surface area contributed by atoms with Gasteiger partial charge in [0.25, 0.3) is 0 Å². The molecule has 2 aliphatic rings. The van der Waals surface area contributed by atoms with Crippen LogP contribution >= 0.6 is 24.0 Å². The zero-order chi connectivity index (χ0) is 21.3. The van der Waals surface area contributed by atoms with E-state index in [1.807, 2.05) is 23.1 Å². The molecule has 0 radical (unpaired) electrons. The highest BCUT2D eigenvalue weighted by Crippen LogP contribution is 2.41. The number of pyridine rings is 1. The molecule has 2 aromatic rings. The highest BCUT2D eigenvalue weighted by molar-refractivity contribution is 6.30. The third kappa shape index (κ3) is 4.49. The van der Waals surface area contributed by atoms with Gasteiger partial charge in [0.1, 0.15) is 5.69 Å². The Morgan fingerprint density at radius 1 is 1.23 bits per heavy atom. The summed E-state index contributed by atoms with van der Waals surface area (Å²) in [7, 11) is 0. The number of aromatic carboxylic acids is 1. The van der Waals surface area contributed by atoms with E-state index in [0.29, 0.717) is 25.3 Å². The molecule has 2 heterocycles. The van der Waals surface area contributed by atoms with Crippen molar-refractivity contribution in [3.63, 3.8) is 0 Å². The average molecular weight is 465 g/mol. The number of benzene rings is 1. The third-order valence-corrected chi connectivity index (χ3v) is 6.74. The van der Waals surface area contributed by atoms with Gasteiger partial charge in [0.15, 0.2) is 0 Å². The number of urea groups is 1. The predicted octanol–water partition coefficient (Wildman–Crippen LogP) is 3.94. The van der Waals surface area contributed by atoms with E-state index in [1.54, 1.807) is 11.0 Å². The molecule has 1 aromatic carbocycles. The van der Waals surface area contributed by atoms with Crippen molar-refractivity contribution in [1.82, 2.24) is 9.88 Å². The topological polar surface area (TPSA) is 99.8 Å². The van der Waals surface area contributed by atoms with Gasteiger partial charge in [0.05, 0.1) is 11.9 Å². The van der Waals surface area contributed by atoms with Gasteiger partial charge in [-0.3, -0.25) is 4.90 Å². The summed E-state index contributed by atoms with van der Waals surface area (Å²) in [5.41, 5.74) is 7.87. The Labute approximate surface area is 192 Å². The first-order valence-corrected chi connectivity index (χ1v) is 10.5. The molecule has 9 heteroatoms. The molecule has 0 atom stereocenters. The zero-order valence-electron chi connectivity index (χ0n) is 17.0. The first-order chi connectivity index (χ1) is 14.4. The Balaban J connectivity index is 0.00000272. The maximum Gasteiger partial charge on any atom is 0.354 e. The molecule has 0 bridgehead atoms. The lowest BCUT2D eigenvalue weighted by atomic mass is 9.68. The van der Waals surface area contributed by atoms with E-state index in [-0.39, 0.29) is 35.6 Å². The van der Waals surface area contributed by atoms with Crippen LogP contribution in [0.3, 0.4) is 0 Å². The number of aromatic nitrogens is 1. The lowest BCUT2D eigenvalue weighted by Crippen LogP contribution is -2.46. The van der Waals surface area contributed by atoms with Crippen molar-refractivity contribution >= 4 is 41.7 Å². The number of rotatable bonds is 5. The van der Waals surface area contributed by atoms with Gasteiger partial charge in [-0.2, -0.15) is 0 Å². The molecule has 1 aliphatic carbocycles. The van der Waals surface area contributed by atoms with E-state index >= 15 is 0 Å². The monoisotopic (exact) mass is 464 g/mol. The van der Waals surface area contributed by atoms with Crippen LogP contribution in [0.2, 0.25) is 5.02 Å². The van der Waals surface area contributed by atoms with E-state index in [4.69, 9.17) is 22.4 Å². The number of amides is 2. The summed E-state index contributed by atoms with van der Waals surface area (Å²) in [5, 5.41) is 9.72. The Morgan fingerprint density at radius 3 is 2.55 bits per heavy atom. The number of carbonyl (C=O) groups excluding carboxylic acids is 1. The molecule has 0 unspecified atom stereocenters. The summed E-state index contributed by atoms with van der Waals surface area (Å²) < 4.78 is 0. The summed E-state index contributed by atoms with van der Waals surface area (Å²) in [6.45, 7) is 1.78. The summed E-state index contributed by atoms with van der Waals surface area (Å²) in [6, 6.07) is 11.1. The van der Waals surface area contributed by atoms with Crippen molar-refractivity contribution in [3.8, 4) is 0 Å². The fourth-order valence-electron chi connectivity index (χ4n) is 4.70. The number of carboxylic acids is 1. The van der Waals surface area contributed by atoms with E-state index in [0.717, 1.165) is 30.7 Å². The largest absolute Gasteiger partial charge is 0.477 e. The Morgan fingerprint density at radius 2 is 1.97 bits per heavy atom. The van der Waals surface area contributed by atoms with Crippen LogP contribution in [0, 0.1) is 0 Å². The minimum absolute atomic E-state index is 0. The molecule has 166 valence electrons. The molecular weight excluding hydrogens is 439 g/mol. The number of hydrogen-bond acceptors (Lipinski definition) is 4. The molecule has 1 aromatic heterocycles. The molecule has 1 saturated heterocycles. The van der Waals surface area contributed by atoms with E-state index in [9.17, 15) is 9.59 Å². The van der Waals surface area contributed by atoms with E-state index in [1.165, 1.54) is 17.8 Å². The minimum atomic E-state index is -1.08. The lowest BCUT2D eigenvalue weighted by molar-refractivity contribution is 0.0690. The van der Waals surface area contributed by atoms with Gasteiger partial charge >= 0.3 is 12.0 Å². The van der Waals surface area contributed by atoms with E-state index in [2.05, 4.69) is 11.1 Å².